The maximum Gasteiger partial charge on any atom is 0.315 e. The molecule has 6 nitrogen and oxygen atoms in total. The van der Waals surface area contributed by atoms with Gasteiger partial charge in [-0.15, -0.1) is 0 Å². The lowest BCUT2D eigenvalue weighted by atomic mass is 10.1. The van der Waals surface area contributed by atoms with E-state index in [1.54, 1.807) is 13.0 Å². The number of anilines is 1. The summed E-state index contributed by atoms with van der Waals surface area (Å²) < 4.78 is 5.49. The summed E-state index contributed by atoms with van der Waals surface area (Å²) in [6.07, 6.45) is -0.497. The third-order valence-corrected chi connectivity index (χ3v) is 3.23. The molecule has 0 unspecified atom stereocenters. The van der Waals surface area contributed by atoms with Gasteiger partial charge in [0.15, 0.2) is 0 Å². The van der Waals surface area contributed by atoms with Crippen molar-refractivity contribution in [2.24, 2.45) is 0 Å². The van der Waals surface area contributed by atoms with E-state index in [0.29, 0.717) is 8.95 Å². The van der Waals surface area contributed by atoms with E-state index >= 15 is 0 Å². The molecule has 1 rings (SSSR count). The van der Waals surface area contributed by atoms with Gasteiger partial charge in [0.25, 0.3) is 0 Å². The number of carboxylic acid groups (broad SMARTS) is 1. The third kappa shape index (κ3) is 4.61. The largest absolute Gasteiger partial charge is 0.545 e. The number of hydrogen-bond acceptors (Lipinski definition) is 5. The summed E-state index contributed by atoms with van der Waals surface area (Å²) in [5, 5.41) is 13.4. The number of carbonyl (C=O) groups excluding carboxylic acids is 3. The Kier molecular flexibility index (Phi) is 6.15. The molecule has 0 aliphatic heterocycles. The quantitative estimate of drug-likeness (QED) is 0.588. The molecule has 20 heavy (non-hydrogen) atoms. The van der Waals surface area contributed by atoms with Crippen LogP contribution in [0.15, 0.2) is 21.1 Å². The normalized spacial score (nSPS) is 9.95. The van der Waals surface area contributed by atoms with E-state index in [-0.39, 0.29) is 17.9 Å². The number of aromatic carboxylic acids is 1. The van der Waals surface area contributed by atoms with Gasteiger partial charge in [-0.2, -0.15) is 0 Å². The van der Waals surface area contributed by atoms with Crippen LogP contribution in [0.4, 0.5) is 5.69 Å². The van der Waals surface area contributed by atoms with E-state index in [4.69, 9.17) is 0 Å². The van der Waals surface area contributed by atoms with Crippen LogP contribution >= 0.6 is 31.9 Å². The van der Waals surface area contributed by atoms with Gasteiger partial charge in [0, 0.05) is 14.5 Å². The Bertz CT molecular complexity index is 559. The van der Waals surface area contributed by atoms with Gasteiger partial charge in [-0.3, -0.25) is 9.59 Å². The van der Waals surface area contributed by atoms with E-state index in [1.807, 2.05) is 0 Å². The molecule has 8 heteroatoms. The maximum atomic E-state index is 11.7. The summed E-state index contributed by atoms with van der Waals surface area (Å²) in [5.41, 5.74) is -0.175. The average Bonchev–Trinajstić information content (AvgIpc) is 2.32. The Morgan fingerprint density at radius 2 is 1.95 bits per heavy atom. The molecule has 1 amide bonds. The van der Waals surface area contributed by atoms with Gasteiger partial charge in [-0.05, 0) is 35.0 Å². The lowest BCUT2D eigenvalue weighted by Gasteiger charge is -2.14. The van der Waals surface area contributed by atoms with Gasteiger partial charge in [0.1, 0.15) is 6.42 Å². The standard InChI is InChI=1S/C12H11Br2NO5/c1-2-20-10(17)5-9(16)15-11-7(12(18)19)3-6(13)4-8(11)14/h3-4H,2,5H2,1H3,(H,15,16)(H,18,19)/p-1. The van der Waals surface area contributed by atoms with Gasteiger partial charge < -0.3 is 20.0 Å². The molecule has 0 aliphatic carbocycles. The minimum atomic E-state index is -1.45. The molecular formula is C12H10Br2NO5-. The topological polar surface area (TPSA) is 95.5 Å². The van der Waals surface area contributed by atoms with E-state index in [0.717, 1.165) is 0 Å². The van der Waals surface area contributed by atoms with Crippen LogP contribution in [0.5, 0.6) is 0 Å². The molecule has 0 aliphatic rings. The number of carbonyl (C=O) groups is 3. The first-order chi connectivity index (χ1) is 9.35. The second-order valence-electron chi connectivity index (χ2n) is 3.63. The molecule has 0 heterocycles. The van der Waals surface area contributed by atoms with Crippen molar-refractivity contribution in [1.82, 2.24) is 0 Å². The average molecular weight is 408 g/mol. The monoisotopic (exact) mass is 406 g/mol. The van der Waals surface area contributed by atoms with Crippen molar-refractivity contribution < 1.29 is 24.2 Å². The molecule has 0 fully saturated rings. The highest BCUT2D eigenvalue weighted by atomic mass is 79.9. The van der Waals surface area contributed by atoms with Crippen LogP contribution in [0.25, 0.3) is 0 Å². The molecule has 1 N–H and O–H groups in total. The Morgan fingerprint density at radius 1 is 1.30 bits per heavy atom. The molecule has 1 aromatic carbocycles. The second kappa shape index (κ2) is 7.39. The summed E-state index contributed by atoms with van der Waals surface area (Å²) in [7, 11) is 0. The fraction of sp³-hybridized carbons (Fsp3) is 0.250. The molecule has 0 saturated carbocycles. The highest BCUT2D eigenvalue weighted by Crippen LogP contribution is 2.30. The predicted molar refractivity (Wildman–Crippen MR) is 76.1 cm³/mol. The second-order valence-corrected chi connectivity index (χ2v) is 5.40. The first-order valence-corrected chi connectivity index (χ1v) is 7.09. The number of esters is 1. The van der Waals surface area contributed by atoms with Crippen LogP contribution < -0.4 is 10.4 Å². The van der Waals surface area contributed by atoms with E-state index < -0.39 is 24.3 Å². The molecule has 1 aromatic rings. The van der Waals surface area contributed by atoms with Gasteiger partial charge in [-0.1, -0.05) is 15.9 Å². The summed E-state index contributed by atoms with van der Waals surface area (Å²) in [6, 6.07) is 2.85. The zero-order chi connectivity index (χ0) is 15.3. The number of amides is 1. The summed E-state index contributed by atoms with van der Waals surface area (Å²) >= 11 is 6.27. The van der Waals surface area contributed by atoms with Crippen molar-refractivity contribution in [3.8, 4) is 0 Å². The molecule has 0 bridgehead atoms. The summed E-state index contributed by atoms with van der Waals surface area (Å²) in [6.45, 7) is 1.79. The molecule has 0 aromatic heterocycles. The first-order valence-electron chi connectivity index (χ1n) is 5.51. The van der Waals surface area contributed by atoms with Crippen molar-refractivity contribution in [3.63, 3.8) is 0 Å². The number of carboxylic acids is 1. The van der Waals surface area contributed by atoms with Crippen molar-refractivity contribution in [2.75, 3.05) is 11.9 Å². The number of hydrogen-bond donors (Lipinski definition) is 1. The number of benzene rings is 1. The van der Waals surface area contributed by atoms with Crippen molar-refractivity contribution in [3.05, 3.63) is 26.6 Å². The number of ether oxygens (including phenoxy) is 1. The van der Waals surface area contributed by atoms with E-state index in [2.05, 4.69) is 41.9 Å². The molecule has 0 spiro atoms. The lowest BCUT2D eigenvalue weighted by molar-refractivity contribution is -0.254. The van der Waals surface area contributed by atoms with Crippen LogP contribution in [0.2, 0.25) is 0 Å². The minimum absolute atomic E-state index is 0.0301. The first kappa shape index (κ1) is 16.6. The molecule has 108 valence electrons. The van der Waals surface area contributed by atoms with Crippen LogP contribution in [-0.4, -0.2) is 24.5 Å². The van der Waals surface area contributed by atoms with Crippen LogP contribution in [0.3, 0.4) is 0 Å². The predicted octanol–water partition coefficient (Wildman–Crippen LogP) is 1.47. The SMILES string of the molecule is CCOC(=O)CC(=O)Nc1c(Br)cc(Br)cc1C(=O)[O-]. The Hall–Kier alpha value is -1.41. The highest BCUT2D eigenvalue weighted by Gasteiger charge is 2.15. The van der Waals surface area contributed by atoms with Gasteiger partial charge in [0.2, 0.25) is 5.91 Å². The molecule has 0 radical (unpaired) electrons. The van der Waals surface area contributed by atoms with Crippen LogP contribution in [0.1, 0.15) is 23.7 Å². The molecular weight excluding hydrogens is 398 g/mol. The summed E-state index contributed by atoms with van der Waals surface area (Å²) in [5.74, 6) is -2.80. The fourth-order valence-corrected chi connectivity index (χ4v) is 2.71. The van der Waals surface area contributed by atoms with Gasteiger partial charge in [0.05, 0.1) is 18.3 Å². The zero-order valence-corrected chi connectivity index (χ0v) is 13.5. The van der Waals surface area contributed by atoms with Gasteiger partial charge >= 0.3 is 5.97 Å². The zero-order valence-electron chi connectivity index (χ0n) is 10.4. The van der Waals surface area contributed by atoms with Crippen LogP contribution in [0, 0.1) is 0 Å². The summed E-state index contributed by atoms with van der Waals surface area (Å²) in [4.78, 5) is 33.9. The third-order valence-electron chi connectivity index (χ3n) is 2.15. The van der Waals surface area contributed by atoms with Crippen molar-refractivity contribution in [1.29, 1.82) is 0 Å². The van der Waals surface area contributed by atoms with Crippen LogP contribution in [-0.2, 0) is 14.3 Å². The Balaban J connectivity index is 2.94. The number of rotatable bonds is 5. The Labute approximate surface area is 131 Å². The van der Waals surface area contributed by atoms with Gasteiger partial charge in [-0.25, -0.2) is 0 Å². The van der Waals surface area contributed by atoms with E-state index in [9.17, 15) is 19.5 Å². The minimum Gasteiger partial charge on any atom is -0.545 e. The number of halogens is 2. The lowest BCUT2D eigenvalue weighted by Crippen LogP contribution is -2.26. The maximum absolute atomic E-state index is 11.7. The van der Waals surface area contributed by atoms with E-state index in [1.165, 1.54) is 6.07 Å². The fourth-order valence-electron chi connectivity index (χ4n) is 1.39. The molecule has 0 atom stereocenters. The molecule has 0 saturated heterocycles. The van der Waals surface area contributed by atoms with Crippen molar-refractivity contribution in [2.45, 2.75) is 13.3 Å². The number of nitrogens with one attached hydrogen (secondary N) is 1. The smallest absolute Gasteiger partial charge is 0.315 e. The van der Waals surface area contributed by atoms with Crippen molar-refractivity contribution >= 4 is 55.4 Å². The Morgan fingerprint density at radius 3 is 2.50 bits per heavy atom. The highest BCUT2D eigenvalue weighted by molar-refractivity contribution is 9.11.